The number of carbonyl (C=O) groups excluding carboxylic acids is 1. The molecule has 0 unspecified atom stereocenters. The zero-order valence-electron chi connectivity index (χ0n) is 13.3. The van der Waals surface area contributed by atoms with Crippen molar-refractivity contribution in [3.05, 3.63) is 76.5 Å². The molecular weight excluding hydrogens is 387 g/mol. The quantitative estimate of drug-likeness (QED) is 0.440. The van der Waals surface area contributed by atoms with Crippen LogP contribution in [-0.2, 0) is 4.79 Å². The average molecular weight is 399 g/mol. The molecule has 26 heavy (non-hydrogen) atoms. The number of nitrogens with zero attached hydrogens (tertiary/aromatic N) is 2. The van der Waals surface area contributed by atoms with Crippen molar-refractivity contribution in [1.29, 1.82) is 0 Å². The zero-order valence-corrected chi connectivity index (χ0v) is 15.7. The van der Waals surface area contributed by atoms with Crippen LogP contribution in [0.15, 0.2) is 65.8 Å². The molecular formula is C19H11FN2OS3. The van der Waals surface area contributed by atoms with Crippen LogP contribution in [0, 0.1) is 5.82 Å². The second-order valence-corrected chi connectivity index (χ2v) is 8.20. The molecule has 3 nitrogen and oxygen atoms in total. The largest absolute Gasteiger partial charge is 0.270 e. The van der Waals surface area contributed by atoms with Gasteiger partial charge in [-0.1, -0.05) is 42.2 Å². The molecule has 0 spiro atoms. The van der Waals surface area contributed by atoms with Gasteiger partial charge in [-0.2, -0.15) is 0 Å². The van der Waals surface area contributed by atoms with Gasteiger partial charge in [0.15, 0.2) is 4.32 Å². The first-order valence-electron chi connectivity index (χ1n) is 7.66. The summed E-state index contributed by atoms with van der Waals surface area (Å²) >= 11 is 8.03. The minimum absolute atomic E-state index is 0.172. The Morgan fingerprint density at radius 3 is 2.73 bits per heavy atom. The molecule has 0 N–H and O–H groups in total. The van der Waals surface area contributed by atoms with Gasteiger partial charge in [-0.3, -0.25) is 14.7 Å². The Kier molecular flexibility index (Phi) is 4.67. The molecule has 1 saturated heterocycles. The van der Waals surface area contributed by atoms with E-state index in [4.69, 9.17) is 12.2 Å². The highest BCUT2D eigenvalue weighted by atomic mass is 32.2. The lowest BCUT2D eigenvalue weighted by atomic mass is 10.2. The third-order valence-corrected chi connectivity index (χ3v) is 6.10. The van der Waals surface area contributed by atoms with Gasteiger partial charge in [-0.15, -0.1) is 11.3 Å². The molecule has 7 heteroatoms. The lowest BCUT2D eigenvalue weighted by molar-refractivity contribution is -0.113. The Balaban J connectivity index is 1.63. The molecule has 1 amide bonds. The number of pyridine rings is 1. The summed E-state index contributed by atoms with van der Waals surface area (Å²) in [4.78, 5) is 20.5. The van der Waals surface area contributed by atoms with Crippen molar-refractivity contribution < 1.29 is 9.18 Å². The first-order valence-corrected chi connectivity index (χ1v) is 9.70. The lowest BCUT2D eigenvalue weighted by Gasteiger charge is -2.13. The normalized spacial score (nSPS) is 15.9. The maximum absolute atomic E-state index is 13.9. The summed E-state index contributed by atoms with van der Waals surface area (Å²) in [6.07, 6.45) is 5.05. The first kappa shape index (κ1) is 17.1. The molecule has 1 aromatic carbocycles. The molecule has 0 aliphatic carbocycles. The lowest BCUT2D eigenvalue weighted by Crippen LogP contribution is -2.27. The van der Waals surface area contributed by atoms with E-state index in [-0.39, 0.29) is 11.7 Å². The number of hydrogen-bond acceptors (Lipinski definition) is 5. The van der Waals surface area contributed by atoms with Crippen LogP contribution in [0.5, 0.6) is 0 Å². The number of thiophene rings is 1. The van der Waals surface area contributed by atoms with E-state index >= 15 is 0 Å². The van der Waals surface area contributed by atoms with E-state index in [0.29, 0.717) is 20.5 Å². The second kappa shape index (κ2) is 7.11. The van der Waals surface area contributed by atoms with Gasteiger partial charge in [0, 0.05) is 21.5 Å². The standard InChI is InChI=1S/C19H11FN2OS3/c20-15-6-2-1-5-14(15)16-8-7-13(25-16)10-17-18(23)22(19(24)26-17)12-4-3-9-21-11-12/h1-11H/b17-10-. The Bertz CT molecular complexity index is 1030. The highest BCUT2D eigenvalue weighted by Gasteiger charge is 2.33. The van der Waals surface area contributed by atoms with E-state index in [1.165, 1.54) is 34.1 Å². The number of carbonyl (C=O) groups is 1. The number of benzene rings is 1. The average Bonchev–Trinajstić information content (AvgIpc) is 3.21. The molecule has 4 rings (SSSR count). The van der Waals surface area contributed by atoms with Crippen LogP contribution >= 0.6 is 35.3 Å². The SMILES string of the molecule is O=C1/C(=C/c2ccc(-c3ccccc3F)s2)SC(=S)N1c1cccnc1. The smallest absolute Gasteiger partial charge is 0.268 e. The zero-order chi connectivity index (χ0) is 18.1. The molecule has 2 aromatic heterocycles. The third kappa shape index (κ3) is 3.21. The molecule has 1 aliphatic rings. The predicted molar refractivity (Wildman–Crippen MR) is 110 cm³/mol. The second-order valence-electron chi connectivity index (χ2n) is 5.41. The van der Waals surface area contributed by atoms with Gasteiger partial charge in [0.25, 0.3) is 5.91 Å². The number of hydrogen-bond donors (Lipinski definition) is 0. The minimum atomic E-state index is -0.260. The van der Waals surface area contributed by atoms with Crippen LogP contribution in [0.4, 0.5) is 10.1 Å². The van der Waals surface area contributed by atoms with Crippen molar-refractivity contribution in [2.75, 3.05) is 4.90 Å². The van der Waals surface area contributed by atoms with Crippen molar-refractivity contribution in [2.24, 2.45) is 0 Å². The van der Waals surface area contributed by atoms with Gasteiger partial charge in [0.05, 0.1) is 16.8 Å². The van der Waals surface area contributed by atoms with Gasteiger partial charge < -0.3 is 0 Å². The van der Waals surface area contributed by atoms with Crippen molar-refractivity contribution in [2.45, 2.75) is 0 Å². The number of aromatic nitrogens is 1. The van der Waals surface area contributed by atoms with Crippen molar-refractivity contribution in [3.8, 4) is 10.4 Å². The summed E-state index contributed by atoms with van der Waals surface area (Å²) in [7, 11) is 0. The van der Waals surface area contributed by atoms with Gasteiger partial charge in [0.2, 0.25) is 0 Å². The molecule has 1 aliphatic heterocycles. The van der Waals surface area contributed by atoms with E-state index in [1.54, 1.807) is 48.8 Å². The number of anilines is 1. The number of halogens is 1. The number of amides is 1. The highest BCUT2D eigenvalue weighted by Crippen LogP contribution is 2.37. The van der Waals surface area contributed by atoms with Crippen LogP contribution in [0.1, 0.15) is 4.88 Å². The fraction of sp³-hybridized carbons (Fsp3) is 0. The van der Waals surface area contributed by atoms with Crippen LogP contribution in [0.2, 0.25) is 0 Å². The Morgan fingerprint density at radius 2 is 1.96 bits per heavy atom. The van der Waals surface area contributed by atoms with E-state index in [0.717, 1.165) is 9.75 Å². The summed E-state index contributed by atoms with van der Waals surface area (Å²) in [6, 6.07) is 13.9. The monoisotopic (exact) mass is 398 g/mol. The Morgan fingerprint density at radius 1 is 1.12 bits per heavy atom. The Labute approximate surface area is 163 Å². The predicted octanol–water partition coefficient (Wildman–Crippen LogP) is 5.36. The minimum Gasteiger partial charge on any atom is -0.268 e. The number of thiocarbonyl (C=S) groups is 1. The summed E-state index contributed by atoms with van der Waals surface area (Å²) in [5, 5.41) is 0. The Hall–Kier alpha value is -2.35. The molecule has 0 atom stereocenters. The molecule has 0 bridgehead atoms. The highest BCUT2D eigenvalue weighted by molar-refractivity contribution is 8.27. The van der Waals surface area contributed by atoms with Crippen LogP contribution in [0.3, 0.4) is 0 Å². The molecule has 0 radical (unpaired) electrons. The molecule has 3 heterocycles. The summed E-state index contributed by atoms with van der Waals surface area (Å²) < 4.78 is 14.4. The van der Waals surface area contributed by atoms with Gasteiger partial charge >= 0.3 is 0 Å². The fourth-order valence-corrected chi connectivity index (χ4v) is 4.88. The van der Waals surface area contributed by atoms with Gasteiger partial charge in [0.1, 0.15) is 5.82 Å². The molecule has 128 valence electrons. The molecule has 3 aromatic rings. The van der Waals surface area contributed by atoms with Crippen LogP contribution < -0.4 is 4.90 Å². The molecule has 0 saturated carbocycles. The van der Waals surface area contributed by atoms with Crippen molar-refractivity contribution in [3.63, 3.8) is 0 Å². The topological polar surface area (TPSA) is 33.2 Å². The first-order chi connectivity index (χ1) is 12.6. The maximum Gasteiger partial charge on any atom is 0.270 e. The summed E-state index contributed by atoms with van der Waals surface area (Å²) in [5.74, 6) is -0.433. The molecule has 1 fully saturated rings. The van der Waals surface area contributed by atoms with Crippen molar-refractivity contribution in [1.82, 2.24) is 4.98 Å². The third-order valence-electron chi connectivity index (χ3n) is 3.74. The number of thioether (sulfide) groups is 1. The van der Waals surface area contributed by atoms with Gasteiger partial charge in [-0.25, -0.2) is 4.39 Å². The van der Waals surface area contributed by atoms with Crippen molar-refractivity contribution >= 4 is 57.3 Å². The van der Waals surface area contributed by atoms with Gasteiger partial charge in [-0.05, 0) is 36.4 Å². The maximum atomic E-state index is 13.9. The van der Waals surface area contributed by atoms with E-state index < -0.39 is 0 Å². The van der Waals surface area contributed by atoms with Crippen LogP contribution in [-0.4, -0.2) is 15.2 Å². The van der Waals surface area contributed by atoms with Crippen LogP contribution in [0.25, 0.3) is 16.5 Å². The number of rotatable bonds is 3. The summed E-state index contributed by atoms with van der Waals surface area (Å²) in [6.45, 7) is 0. The summed E-state index contributed by atoms with van der Waals surface area (Å²) in [5.41, 5.74) is 1.21. The van der Waals surface area contributed by atoms with E-state index in [1.807, 2.05) is 12.1 Å². The van der Waals surface area contributed by atoms with E-state index in [9.17, 15) is 9.18 Å². The fourth-order valence-electron chi connectivity index (χ4n) is 2.54. The van der Waals surface area contributed by atoms with E-state index in [2.05, 4.69) is 4.98 Å².